The van der Waals surface area contributed by atoms with Crippen molar-refractivity contribution in [3.63, 3.8) is 0 Å². The number of nitrogens with zero attached hydrogens (tertiary/aromatic N) is 3. The lowest BCUT2D eigenvalue weighted by atomic mass is 10.4. The van der Waals surface area contributed by atoms with E-state index in [4.69, 9.17) is 0 Å². The van der Waals surface area contributed by atoms with Gasteiger partial charge in [-0.05, 0) is 20.1 Å². The van der Waals surface area contributed by atoms with Crippen LogP contribution in [0, 0.1) is 11.8 Å². The van der Waals surface area contributed by atoms with E-state index in [1.165, 1.54) is 11.8 Å². The van der Waals surface area contributed by atoms with Crippen molar-refractivity contribution >= 4 is 23.3 Å². The molecule has 1 atom stereocenters. The Labute approximate surface area is 141 Å². The Balaban J connectivity index is 0.000000433. The normalized spacial score (nSPS) is 19.4. The zero-order valence-corrected chi connectivity index (χ0v) is 14.9. The van der Waals surface area contributed by atoms with Gasteiger partial charge in [0.1, 0.15) is 5.69 Å². The van der Waals surface area contributed by atoms with Crippen LogP contribution >= 0.6 is 11.8 Å². The van der Waals surface area contributed by atoms with Gasteiger partial charge in [-0.1, -0.05) is 11.8 Å². The zero-order chi connectivity index (χ0) is 16.8. The van der Waals surface area contributed by atoms with E-state index in [1.54, 1.807) is 11.6 Å². The Hall–Kier alpha value is -1.69. The highest BCUT2D eigenvalue weighted by Crippen LogP contribution is 2.26. The summed E-state index contributed by atoms with van der Waals surface area (Å²) in [4.78, 5) is 19.0. The van der Waals surface area contributed by atoms with Gasteiger partial charge in [-0.2, -0.15) is 0 Å². The predicted molar refractivity (Wildman–Crippen MR) is 95.9 cm³/mol. The highest BCUT2D eigenvalue weighted by molar-refractivity contribution is 7.98. The molecule has 3 rings (SSSR count). The Morgan fingerprint density at radius 3 is 2.43 bits per heavy atom. The summed E-state index contributed by atoms with van der Waals surface area (Å²) in [6.45, 7) is 7.48. The molecule has 0 aromatic carbocycles. The van der Waals surface area contributed by atoms with Crippen molar-refractivity contribution in [2.24, 2.45) is 7.05 Å². The Bertz CT molecular complexity index is 650. The van der Waals surface area contributed by atoms with Crippen LogP contribution in [0.15, 0.2) is 9.95 Å². The average molecular weight is 336 g/mol. The second-order valence-corrected chi connectivity index (χ2v) is 5.94. The van der Waals surface area contributed by atoms with Gasteiger partial charge in [0.15, 0.2) is 17.3 Å². The van der Waals surface area contributed by atoms with Crippen molar-refractivity contribution < 1.29 is 0 Å². The molecule has 3 heterocycles. The van der Waals surface area contributed by atoms with Crippen LogP contribution in [0.4, 0.5) is 11.5 Å². The molecule has 0 bridgehead atoms. The zero-order valence-electron chi connectivity index (χ0n) is 14.1. The molecule has 23 heavy (non-hydrogen) atoms. The van der Waals surface area contributed by atoms with Crippen molar-refractivity contribution in [2.75, 3.05) is 43.1 Å². The Kier molecular flexibility index (Phi) is 6.33. The summed E-state index contributed by atoms with van der Waals surface area (Å²) < 4.78 is 1.58. The number of thioether (sulfide) groups is 1. The van der Waals surface area contributed by atoms with Crippen LogP contribution < -0.4 is 21.5 Å². The smallest absolute Gasteiger partial charge is 0.279 e. The van der Waals surface area contributed by atoms with E-state index >= 15 is 0 Å². The van der Waals surface area contributed by atoms with Gasteiger partial charge in [-0.25, -0.2) is 4.98 Å². The number of hydrogen-bond acceptors (Lipinski definition) is 7. The Morgan fingerprint density at radius 2 is 1.87 bits per heavy atom. The monoisotopic (exact) mass is 336 g/mol. The molecule has 0 spiro atoms. The summed E-state index contributed by atoms with van der Waals surface area (Å²) in [5.74, 6) is 6.02. The quantitative estimate of drug-likeness (QED) is 0.414. The molecule has 1 unspecified atom stereocenters. The van der Waals surface area contributed by atoms with Crippen LogP contribution in [0.5, 0.6) is 0 Å². The van der Waals surface area contributed by atoms with E-state index in [-0.39, 0.29) is 11.8 Å². The van der Waals surface area contributed by atoms with Crippen molar-refractivity contribution in [2.45, 2.75) is 25.3 Å². The summed E-state index contributed by atoms with van der Waals surface area (Å²) in [6, 6.07) is 0. The van der Waals surface area contributed by atoms with E-state index in [0.717, 1.165) is 31.3 Å². The first kappa shape index (κ1) is 17.7. The van der Waals surface area contributed by atoms with Gasteiger partial charge in [0.25, 0.3) is 5.56 Å². The highest BCUT2D eigenvalue weighted by atomic mass is 32.2. The fourth-order valence-corrected chi connectivity index (χ4v) is 2.96. The van der Waals surface area contributed by atoms with E-state index in [0.29, 0.717) is 11.5 Å². The molecule has 2 aliphatic rings. The fraction of sp³-hybridized carbons (Fsp3) is 0.600. The maximum absolute atomic E-state index is 12.2. The molecule has 7 nitrogen and oxygen atoms in total. The predicted octanol–water partition coefficient (Wildman–Crippen LogP) is 0.558. The summed E-state index contributed by atoms with van der Waals surface area (Å²) in [5, 5.41) is 10.6. The standard InChI is InChI=1S/C11H18N6OS.C4H6/c1-16-9(18)7-8(15-11(16)19-2)14-10(13-7)17-5-3-12-4-6-17;1-3-4-2/h10,12-14H,3-6H2,1-2H3;1-2H3. The number of aromatic nitrogens is 2. The number of piperazine rings is 1. The molecule has 1 aromatic heterocycles. The first-order chi connectivity index (χ1) is 11.1. The molecule has 1 aromatic rings. The lowest BCUT2D eigenvalue weighted by Gasteiger charge is -2.32. The third kappa shape index (κ3) is 3.99. The number of nitrogens with one attached hydrogen (secondary N) is 3. The van der Waals surface area contributed by atoms with Crippen molar-refractivity contribution in [1.82, 2.24) is 19.8 Å². The van der Waals surface area contributed by atoms with Crippen LogP contribution in [-0.4, -0.2) is 53.2 Å². The van der Waals surface area contributed by atoms with Gasteiger partial charge in [-0.3, -0.25) is 14.3 Å². The van der Waals surface area contributed by atoms with E-state index in [1.807, 2.05) is 20.1 Å². The summed E-state index contributed by atoms with van der Waals surface area (Å²) in [7, 11) is 1.75. The molecule has 8 heteroatoms. The van der Waals surface area contributed by atoms with Gasteiger partial charge in [0.2, 0.25) is 0 Å². The van der Waals surface area contributed by atoms with Gasteiger partial charge in [0, 0.05) is 33.2 Å². The second kappa shape index (κ2) is 8.24. The van der Waals surface area contributed by atoms with Gasteiger partial charge < -0.3 is 16.0 Å². The molecule has 126 valence electrons. The van der Waals surface area contributed by atoms with Crippen molar-refractivity contribution in [3.8, 4) is 11.8 Å². The molecular weight excluding hydrogens is 312 g/mol. The van der Waals surface area contributed by atoms with Crippen LogP contribution in [0.2, 0.25) is 0 Å². The molecule has 3 N–H and O–H groups in total. The van der Waals surface area contributed by atoms with Gasteiger partial charge in [0.05, 0.1) is 0 Å². The van der Waals surface area contributed by atoms with Crippen LogP contribution in [0.3, 0.4) is 0 Å². The largest absolute Gasteiger partial charge is 0.345 e. The lowest BCUT2D eigenvalue weighted by Crippen LogP contribution is -2.52. The van der Waals surface area contributed by atoms with Gasteiger partial charge in [-0.15, -0.1) is 11.8 Å². The summed E-state index contributed by atoms with van der Waals surface area (Å²) in [5.41, 5.74) is 0.545. The van der Waals surface area contributed by atoms with E-state index < -0.39 is 0 Å². The minimum absolute atomic E-state index is 0.0283. The minimum Gasteiger partial charge on any atom is -0.345 e. The van der Waals surface area contributed by atoms with Crippen LogP contribution in [-0.2, 0) is 7.05 Å². The van der Waals surface area contributed by atoms with Crippen LogP contribution in [0.25, 0.3) is 0 Å². The molecule has 1 saturated heterocycles. The minimum atomic E-state index is -0.0330. The second-order valence-electron chi connectivity index (χ2n) is 5.16. The summed E-state index contributed by atoms with van der Waals surface area (Å²) >= 11 is 1.47. The average Bonchev–Trinajstić information content (AvgIpc) is 3.03. The van der Waals surface area contributed by atoms with E-state index in [2.05, 4.69) is 37.7 Å². The number of anilines is 2. The molecule has 0 amide bonds. The van der Waals surface area contributed by atoms with Gasteiger partial charge >= 0.3 is 0 Å². The molecule has 2 aliphatic heterocycles. The molecular formula is C15H24N6OS. The van der Waals surface area contributed by atoms with E-state index in [9.17, 15) is 4.79 Å². The van der Waals surface area contributed by atoms with Crippen LogP contribution in [0.1, 0.15) is 13.8 Å². The topological polar surface area (TPSA) is 74.2 Å². The molecule has 0 radical (unpaired) electrons. The SMILES string of the molecule is CC#CC.CSc1nc2c(c(=O)n1C)NC(N1CCNCC1)N2. The maximum Gasteiger partial charge on any atom is 0.279 e. The molecule has 0 saturated carbocycles. The lowest BCUT2D eigenvalue weighted by molar-refractivity contribution is 0.209. The summed E-state index contributed by atoms with van der Waals surface area (Å²) in [6.07, 6.45) is 1.89. The maximum atomic E-state index is 12.2. The molecule has 0 aliphatic carbocycles. The highest BCUT2D eigenvalue weighted by Gasteiger charge is 2.30. The number of hydrogen-bond donors (Lipinski definition) is 3. The van der Waals surface area contributed by atoms with Crippen molar-refractivity contribution in [1.29, 1.82) is 0 Å². The third-order valence-corrected chi connectivity index (χ3v) is 4.48. The fourth-order valence-electron chi connectivity index (χ4n) is 2.42. The van der Waals surface area contributed by atoms with Crippen molar-refractivity contribution in [3.05, 3.63) is 10.4 Å². The first-order valence-electron chi connectivity index (χ1n) is 7.58. The molecule has 1 fully saturated rings. The Morgan fingerprint density at radius 1 is 1.22 bits per heavy atom. The first-order valence-corrected chi connectivity index (χ1v) is 8.81. The number of rotatable bonds is 2. The number of fused-ring (bicyclic) bond motifs is 1. The third-order valence-electron chi connectivity index (χ3n) is 3.75.